The fraction of sp³-hybridized carbons (Fsp3) is 0.462. The topological polar surface area (TPSA) is 59.0 Å². The molecule has 5 nitrogen and oxygen atoms in total. The zero-order valence-corrected chi connectivity index (χ0v) is 10.5. The van der Waals surface area contributed by atoms with E-state index in [2.05, 4.69) is 0 Å². The second kappa shape index (κ2) is 5.27. The fourth-order valence-corrected chi connectivity index (χ4v) is 1.96. The van der Waals surface area contributed by atoms with E-state index in [-0.39, 0.29) is 18.4 Å². The van der Waals surface area contributed by atoms with Crippen LogP contribution in [0.4, 0.5) is 0 Å². The fourth-order valence-electron chi connectivity index (χ4n) is 1.96. The average molecular weight is 251 g/mol. The highest BCUT2D eigenvalue weighted by atomic mass is 16.5. The van der Waals surface area contributed by atoms with Crippen LogP contribution >= 0.6 is 0 Å². The number of carbonyl (C=O) groups excluding carboxylic acids is 1. The number of aliphatic hydroxyl groups excluding tert-OH is 1. The van der Waals surface area contributed by atoms with Crippen LogP contribution in [-0.2, 0) is 0 Å². The number of methoxy groups -OCH3 is 2. The molecule has 1 fully saturated rings. The number of ether oxygens (including phenoxy) is 2. The van der Waals surface area contributed by atoms with Crippen molar-refractivity contribution in [2.75, 3.05) is 33.9 Å². The standard InChI is InChI=1S/C13H17NO4/c1-17-11-3-10(4-12(5-11)18-2)13(16)14-6-9(7-14)8-15/h3-5,9,15H,6-8H2,1-2H3. The molecule has 0 aromatic heterocycles. The molecule has 18 heavy (non-hydrogen) atoms. The Morgan fingerprint density at radius 1 is 1.28 bits per heavy atom. The molecule has 0 bridgehead atoms. The number of hydrogen-bond acceptors (Lipinski definition) is 4. The van der Waals surface area contributed by atoms with Crippen molar-refractivity contribution < 1.29 is 19.4 Å². The van der Waals surface area contributed by atoms with Gasteiger partial charge in [0.25, 0.3) is 5.91 Å². The summed E-state index contributed by atoms with van der Waals surface area (Å²) >= 11 is 0. The van der Waals surface area contributed by atoms with Gasteiger partial charge in [-0.3, -0.25) is 4.79 Å². The summed E-state index contributed by atoms with van der Waals surface area (Å²) in [6.07, 6.45) is 0. The minimum atomic E-state index is -0.0584. The molecule has 0 radical (unpaired) electrons. The number of rotatable bonds is 4. The van der Waals surface area contributed by atoms with E-state index in [1.54, 1.807) is 37.3 Å². The van der Waals surface area contributed by atoms with Crippen molar-refractivity contribution in [1.29, 1.82) is 0 Å². The van der Waals surface area contributed by atoms with Gasteiger partial charge < -0.3 is 19.5 Å². The molecule has 1 aromatic rings. The first-order chi connectivity index (χ1) is 8.67. The Labute approximate surface area is 106 Å². The van der Waals surface area contributed by atoms with Crippen molar-refractivity contribution >= 4 is 5.91 Å². The lowest BCUT2D eigenvalue weighted by Gasteiger charge is -2.38. The van der Waals surface area contributed by atoms with Crippen LogP contribution in [0.1, 0.15) is 10.4 Å². The number of benzene rings is 1. The van der Waals surface area contributed by atoms with Crippen LogP contribution in [0.5, 0.6) is 11.5 Å². The highest BCUT2D eigenvalue weighted by molar-refractivity contribution is 5.95. The van der Waals surface area contributed by atoms with Gasteiger partial charge in [-0.1, -0.05) is 0 Å². The quantitative estimate of drug-likeness (QED) is 0.858. The van der Waals surface area contributed by atoms with Crippen molar-refractivity contribution in [3.63, 3.8) is 0 Å². The SMILES string of the molecule is COc1cc(OC)cc(C(=O)N2CC(CO)C2)c1. The van der Waals surface area contributed by atoms with Crippen molar-refractivity contribution in [1.82, 2.24) is 4.90 Å². The van der Waals surface area contributed by atoms with Gasteiger partial charge >= 0.3 is 0 Å². The van der Waals surface area contributed by atoms with Crippen molar-refractivity contribution in [2.24, 2.45) is 5.92 Å². The average Bonchev–Trinajstić information content (AvgIpc) is 2.36. The summed E-state index contributed by atoms with van der Waals surface area (Å²) in [4.78, 5) is 13.9. The van der Waals surface area contributed by atoms with Crippen molar-refractivity contribution in [3.8, 4) is 11.5 Å². The van der Waals surface area contributed by atoms with E-state index in [1.165, 1.54) is 0 Å². The summed E-state index contributed by atoms with van der Waals surface area (Å²) in [5.74, 6) is 1.34. The molecule has 1 aromatic carbocycles. The molecule has 1 N–H and O–H groups in total. The molecule has 5 heteroatoms. The minimum absolute atomic E-state index is 0.0584. The molecule has 0 spiro atoms. The third-order valence-corrected chi connectivity index (χ3v) is 3.10. The minimum Gasteiger partial charge on any atom is -0.497 e. The first-order valence-electron chi connectivity index (χ1n) is 5.81. The van der Waals surface area contributed by atoms with E-state index in [4.69, 9.17) is 14.6 Å². The lowest BCUT2D eigenvalue weighted by Crippen LogP contribution is -2.51. The second-order valence-electron chi connectivity index (χ2n) is 4.36. The van der Waals surface area contributed by atoms with Gasteiger partial charge in [-0.15, -0.1) is 0 Å². The molecule has 0 aliphatic carbocycles. The Kier molecular flexibility index (Phi) is 3.72. The first-order valence-corrected chi connectivity index (χ1v) is 5.81. The number of hydrogen-bond donors (Lipinski definition) is 1. The lowest BCUT2D eigenvalue weighted by molar-refractivity contribution is 0.0361. The van der Waals surface area contributed by atoms with Crippen LogP contribution in [0, 0.1) is 5.92 Å². The summed E-state index contributed by atoms with van der Waals surface area (Å²) in [5, 5.41) is 8.94. The Morgan fingerprint density at radius 3 is 2.28 bits per heavy atom. The zero-order valence-electron chi connectivity index (χ0n) is 10.5. The maximum atomic E-state index is 12.2. The number of carbonyl (C=O) groups is 1. The van der Waals surface area contributed by atoms with E-state index >= 15 is 0 Å². The maximum Gasteiger partial charge on any atom is 0.254 e. The van der Waals surface area contributed by atoms with Gasteiger partial charge in [-0.2, -0.15) is 0 Å². The molecule has 0 unspecified atom stereocenters. The van der Waals surface area contributed by atoms with Gasteiger partial charge in [0.15, 0.2) is 0 Å². The molecule has 2 rings (SSSR count). The Bertz CT molecular complexity index is 418. The third kappa shape index (κ3) is 2.41. The Morgan fingerprint density at radius 2 is 1.83 bits per heavy atom. The van der Waals surface area contributed by atoms with Crippen LogP contribution in [0.2, 0.25) is 0 Å². The van der Waals surface area contributed by atoms with Crippen LogP contribution in [0.25, 0.3) is 0 Å². The zero-order chi connectivity index (χ0) is 13.1. The van der Waals surface area contributed by atoms with E-state index in [9.17, 15) is 4.79 Å². The molecule has 0 atom stereocenters. The molecule has 0 saturated carbocycles. The summed E-state index contributed by atoms with van der Waals surface area (Å²) < 4.78 is 10.3. The molecule has 98 valence electrons. The predicted octanol–water partition coefficient (Wildman–Crippen LogP) is 0.768. The number of nitrogens with zero attached hydrogens (tertiary/aromatic N) is 1. The van der Waals surface area contributed by atoms with Gasteiger partial charge in [0.2, 0.25) is 0 Å². The number of likely N-dealkylation sites (tertiary alicyclic amines) is 1. The van der Waals surface area contributed by atoms with Crippen molar-refractivity contribution in [3.05, 3.63) is 23.8 Å². The summed E-state index contributed by atoms with van der Waals surface area (Å²) in [7, 11) is 3.10. The van der Waals surface area contributed by atoms with E-state index in [0.717, 1.165) is 0 Å². The summed E-state index contributed by atoms with van der Waals surface area (Å²) in [5.41, 5.74) is 0.544. The molecule has 1 heterocycles. The highest BCUT2D eigenvalue weighted by Crippen LogP contribution is 2.25. The van der Waals surface area contributed by atoms with Crippen molar-refractivity contribution in [2.45, 2.75) is 0 Å². The van der Waals surface area contributed by atoms with Crippen LogP contribution in [0.15, 0.2) is 18.2 Å². The molecule has 1 aliphatic rings. The molecule has 1 aliphatic heterocycles. The van der Waals surface area contributed by atoms with Crippen LogP contribution < -0.4 is 9.47 Å². The highest BCUT2D eigenvalue weighted by Gasteiger charge is 2.30. The molecular weight excluding hydrogens is 234 g/mol. The first kappa shape index (κ1) is 12.7. The van der Waals surface area contributed by atoms with Gasteiger partial charge in [0.05, 0.1) is 14.2 Å². The lowest BCUT2D eigenvalue weighted by atomic mass is 10.00. The predicted molar refractivity (Wildman–Crippen MR) is 66.0 cm³/mol. The van der Waals surface area contributed by atoms with E-state index in [0.29, 0.717) is 30.2 Å². The van der Waals surface area contributed by atoms with Gasteiger partial charge in [0, 0.05) is 37.2 Å². The Hall–Kier alpha value is -1.75. The molecule has 1 saturated heterocycles. The van der Waals surface area contributed by atoms with Gasteiger partial charge in [-0.25, -0.2) is 0 Å². The van der Waals surface area contributed by atoms with Crippen LogP contribution in [0.3, 0.4) is 0 Å². The third-order valence-electron chi connectivity index (χ3n) is 3.10. The smallest absolute Gasteiger partial charge is 0.254 e. The van der Waals surface area contributed by atoms with Gasteiger partial charge in [-0.05, 0) is 12.1 Å². The summed E-state index contributed by atoms with van der Waals surface area (Å²) in [6.45, 7) is 1.34. The number of amides is 1. The molecular formula is C13H17NO4. The van der Waals surface area contributed by atoms with E-state index < -0.39 is 0 Å². The summed E-state index contributed by atoms with van der Waals surface area (Å²) in [6, 6.07) is 5.11. The second-order valence-corrected chi connectivity index (χ2v) is 4.36. The van der Waals surface area contributed by atoms with E-state index in [1.807, 2.05) is 0 Å². The number of aliphatic hydroxyl groups is 1. The largest absolute Gasteiger partial charge is 0.497 e. The normalized spacial score (nSPS) is 15.2. The Balaban J connectivity index is 2.15. The monoisotopic (exact) mass is 251 g/mol. The molecule has 1 amide bonds. The van der Waals surface area contributed by atoms with Crippen LogP contribution in [-0.4, -0.2) is 49.8 Å². The maximum absolute atomic E-state index is 12.2. The van der Waals surface area contributed by atoms with Gasteiger partial charge in [0.1, 0.15) is 11.5 Å².